The molecule has 0 aromatic carbocycles. The number of allylic oxidation sites excluding steroid dienone is 1. The molecule has 0 bridgehead atoms. The fraction of sp³-hybridized carbons (Fsp3) is 0.931. The maximum absolute atomic E-state index is 11.0. The molecule has 2 N–H and O–H groups in total. The first kappa shape index (κ1) is 23.8. The molecule has 2 nitrogen and oxygen atoms in total. The highest BCUT2D eigenvalue weighted by Gasteiger charge is 2.59. The minimum atomic E-state index is -0.147. The zero-order valence-corrected chi connectivity index (χ0v) is 21.2. The van der Waals surface area contributed by atoms with Crippen molar-refractivity contribution in [2.45, 2.75) is 118 Å². The lowest BCUT2D eigenvalue weighted by atomic mass is 9.47. The van der Waals surface area contributed by atoms with Gasteiger partial charge in [-0.1, -0.05) is 59.6 Å². The predicted octanol–water partition coefficient (Wildman–Crippen LogP) is 7.00. The highest BCUT2D eigenvalue weighted by Crippen LogP contribution is 2.67. The molecule has 4 aliphatic rings. The van der Waals surface area contributed by atoms with E-state index >= 15 is 0 Å². The molecule has 4 rings (SSSR count). The minimum Gasteiger partial charge on any atom is -0.393 e. The summed E-state index contributed by atoms with van der Waals surface area (Å²) in [7, 11) is 0. The lowest BCUT2D eigenvalue weighted by Gasteiger charge is -2.58. The summed E-state index contributed by atoms with van der Waals surface area (Å²) in [4.78, 5) is 0. The number of aliphatic hydroxyl groups is 2. The molecule has 0 unspecified atom stereocenters. The molecule has 0 aliphatic heterocycles. The second kappa shape index (κ2) is 8.79. The molecule has 3 fully saturated rings. The van der Waals surface area contributed by atoms with Crippen molar-refractivity contribution in [3.63, 3.8) is 0 Å². The average Bonchev–Trinajstić information content (AvgIpc) is 3.06. The summed E-state index contributed by atoms with van der Waals surface area (Å²) in [6.45, 7) is 14.4. The van der Waals surface area contributed by atoms with Gasteiger partial charge < -0.3 is 10.2 Å². The Morgan fingerprint density at radius 1 is 1.03 bits per heavy atom. The van der Waals surface area contributed by atoms with Gasteiger partial charge in [-0.15, -0.1) is 0 Å². The number of fused-ring (bicyclic) bond motifs is 5. The van der Waals surface area contributed by atoms with Crippen molar-refractivity contribution in [2.24, 2.45) is 52.3 Å². The summed E-state index contributed by atoms with van der Waals surface area (Å²) in [5.41, 5.74) is 2.38. The van der Waals surface area contributed by atoms with Crippen molar-refractivity contribution < 1.29 is 10.2 Å². The Balaban J connectivity index is 1.49. The van der Waals surface area contributed by atoms with Crippen molar-refractivity contribution in [3.05, 3.63) is 11.6 Å². The van der Waals surface area contributed by atoms with Crippen LogP contribution in [0.3, 0.4) is 0 Å². The van der Waals surface area contributed by atoms with Crippen molar-refractivity contribution in [3.8, 4) is 0 Å². The largest absolute Gasteiger partial charge is 0.393 e. The number of hydrogen-bond donors (Lipinski definition) is 2. The lowest BCUT2D eigenvalue weighted by molar-refractivity contribution is -0.0613. The van der Waals surface area contributed by atoms with Crippen LogP contribution >= 0.6 is 0 Å². The molecular weight excluding hydrogens is 380 g/mol. The van der Waals surface area contributed by atoms with Gasteiger partial charge in [-0.25, -0.2) is 0 Å². The number of aliphatic hydroxyl groups excluding tert-OH is 2. The highest BCUT2D eigenvalue weighted by molar-refractivity contribution is 5.25. The van der Waals surface area contributed by atoms with E-state index in [9.17, 15) is 10.2 Å². The fourth-order valence-electron chi connectivity index (χ4n) is 9.52. The molecule has 0 saturated heterocycles. The first-order chi connectivity index (χ1) is 14.6. The Morgan fingerprint density at radius 2 is 1.77 bits per heavy atom. The SMILES string of the molecule is CC[C@@H](C(C)C)[C@H](O)C[C@@H](C)[C@H]1CC[C@H]2[C@@H]3CC=C4C[C@@H](O)CC[C@]4(C)[C@H]3CC[C@]12C. The third-order valence-electron chi connectivity index (χ3n) is 11.3. The maximum Gasteiger partial charge on any atom is 0.0577 e. The summed E-state index contributed by atoms with van der Waals surface area (Å²) in [6.07, 6.45) is 14.2. The second-order valence-corrected chi connectivity index (χ2v) is 13.0. The molecule has 31 heavy (non-hydrogen) atoms. The van der Waals surface area contributed by atoms with Gasteiger partial charge in [0.15, 0.2) is 0 Å². The fourth-order valence-corrected chi connectivity index (χ4v) is 9.52. The van der Waals surface area contributed by atoms with Gasteiger partial charge in [0, 0.05) is 0 Å². The van der Waals surface area contributed by atoms with Crippen LogP contribution in [0.4, 0.5) is 0 Å². The Hall–Kier alpha value is -0.340. The van der Waals surface area contributed by atoms with Gasteiger partial charge in [0.1, 0.15) is 0 Å². The summed E-state index contributed by atoms with van der Waals surface area (Å²) in [5.74, 6) is 4.89. The van der Waals surface area contributed by atoms with Gasteiger partial charge in [-0.2, -0.15) is 0 Å². The first-order valence-electron chi connectivity index (χ1n) is 13.7. The highest BCUT2D eigenvalue weighted by atomic mass is 16.3. The summed E-state index contributed by atoms with van der Waals surface area (Å²) < 4.78 is 0. The zero-order chi connectivity index (χ0) is 22.6. The van der Waals surface area contributed by atoms with Gasteiger partial charge in [0.2, 0.25) is 0 Å². The van der Waals surface area contributed by atoms with Crippen LogP contribution in [0.5, 0.6) is 0 Å². The first-order valence-corrected chi connectivity index (χ1v) is 13.7. The van der Waals surface area contributed by atoms with Gasteiger partial charge >= 0.3 is 0 Å². The predicted molar refractivity (Wildman–Crippen MR) is 130 cm³/mol. The maximum atomic E-state index is 11.0. The van der Waals surface area contributed by atoms with Crippen LogP contribution in [0.15, 0.2) is 11.6 Å². The molecule has 2 heteroatoms. The number of rotatable bonds is 6. The monoisotopic (exact) mass is 430 g/mol. The van der Waals surface area contributed by atoms with E-state index in [-0.39, 0.29) is 12.2 Å². The van der Waals surface area contributed by atoms with Gasteiger partial charge in [0.05, 0.1) is 12.2 Å². The minimum absolute atomic E-state index is 0.106. The van der Waals surface area contributed by atoms with E-state index in [1.54, 1.807) is 5.57 Å². The van der Waals surface area contributed by atoms with Crippen LogP contribution in [0.25, 0.3) is 0 Å². The Morgan fingerprint density at radius 3 is 2.45 bits per heavy atom. The van der Waals surface area contributed by atoms with Crippen LogP contribution in [-0.2, 0) is 0 Å². The standard InChI is InChI=1S/C29H50O2/c1-7-22(18(2)3)27(31)16-19(4)24-10-11-25-23-9-8-20-17-21(30)12-14-28(20,5)26(23)13-15-29(24,25)6/h8,18-19,21-27,30-31H,7,9-17H2,1-6H3/t19-,21+,22+,23+,24-,25+,26+,27-,28+,29-/m1/s1. The molecule has 0 aromatic rings. The van der Waals surface area contributed by atoms with Gasteiger partial charge in [-0.3, -0.25) is 0 Å². The van der Waals surface area contributed by atoms with Crippen molar-refractivity contribution in [1.29, 1.82) is 0 Å². The van der Waals surface area contributed by atoms with Crippen LogP contribution in [-0.4, -0.2) is 22.4 Å². The molecule has 10 atom stereocenters. The third-order valence-corrected chi connectivity index (χ3v) is 11.3. The molecular formula is C29H50O2. The Kier molecular flexibility index (Phi) is 6.75. The van der Waals surface area contributed by atoms with E-state index in [4.69, 9.17) is 0 Å². The quantitative estimate of drug-likeness (QED) is 0.446. The normalized spacial score (nSPS) is 45.3. The molecule has 0 amide bonds. The van der Waals surface area contributed by atoms with E-state index in [2.05, 4.69) is 47.6 Å². The molecule has 0 radical (unpaired) electrons. The van der Waals surface area contributed by atoms with Crippen LogP contribution in [0.2, 0.25) is 0 Å². The van der Waals surface area contributed by atoms with Gasteiger partial charge in [0.25, 0.3) is 0 Å². The topological polar surface area (TPSA) is 40.5 Å². The molecule has 3 saturated carbocycles. The van der Waals surface area contributed by atoms with E-state index in [1.165, 1.54) is 38.5 Å². The smallest absolute Gasteiger partial charge is 0.0577 e. The third kappa shape index (κ3) is 3.96. The van der Waals surface area contributed by atoms with Crippen LogP contribution < -0.4 is 0 Å². The molecule has 0 heterocycles. The zero-order valence-electron chi connectivity index (χ0n) is 21.2. The molecule has 0 aromatic heterocycles. The van der Waals surface area contributed by atoms with Crippen LogP contribution in [0.1, 0.15) is 106 Å². The van der Waals surface area contributed by atoms with E-state index in [1.807, 2.05) is 0 Å². The molecule has 178 valence electrons. The van der Waals surface area contributed by atoms with Crippen molar-refractivity contribution in [1.82, 2.24) is 0 Å². The second-order valence-electron chi connectivity index (χ2n) is 13.0. The Bertz CT molecular complexity index is 668. The summed E-state index contributed by atoms with van der Waals surface area (Å²) >= 11 is 0. The lowest BCUT2D eigenvalue weighted by Crippen LogP contribution is -2.51. The molecule has 0 spiro atoms. The van der Waals surface area contributed by atoms with Gasteiger partial charge in [-0.05, 0) is 110 Å². The summed E-state index contributed by atoms with van der Waals surface area (Å²) in [6, 6.07) is 0. The van der Waals surface area contributed by atoms with E-state index in [0.29, 0.717) is 28.6 Å². The van der Waals surface area contributed by atoms with Crippen molar-refractivity contribution >= 4 is 0 Å². The average molecular weight is 431 g/mol. The summed E-state index contributed by atoms with van der Waals surface area (Å²) in [5, 5.41) is 21.3. The van der Waals surface area contributed by atoms with Crippen LogP contribution in [0, 0.1) is 52.3 Å². The number of hydrogen-bond acceptors (Lipinski definition) is 2. The van der Waals surface area contributed by atoms with E-state index < -0.39 is 0 Å². The molecule has 4 aliphatic carbocycles. The van der Waals surface area contributed by atoms with E-state index in [0.717, 1.165) is 49.4 Å². The van der Waals surface area contributed by atoms with Crippen molar-refractivity contribution in [2.75, 3.05) is 0 Å². The Labute approximate surface area is 192 Å².